The maximum atomic E-state index is 11.2. The quantitative estimate of drug-likeness (QED) is 0.762. The Morgan fingerprint density at radius 2 is 2.00 bits per heavy atom. The van der Waals surface area contributed by atoms with Crippen LogP contribution in [0.3, 0.4) is 0 Å². The fraction of sp³-hybridized carbons (Fsp3) is 0.400. The molecule has 0 bridgehead atoms. The second-order valence-corrected chi connectivity index (χ2v) is 5.67. The highest BCUT2D eigenvalue weighted by Gasteiger charge is 2.17. The smallest absolute Gasteiger partial charge is 0.0601 e. The Bertz CT molecular complexity index is 387. The summed E-state index contributed by atoms with van der Waals surface area (Å²) >= 11 is 5.83. The van der Waals surface area contributed by atoms with E-state index in [1.165, 1.54) is 0 Å². The Labute approximate surface area is 96.7 Å². The average molecular weight is 245 g/mol. The van der Waals surface area contributed by atoms with Crippen molar-refractivity contribution in [2.24, 2.45) is 0 Å². The molecule has 1 aliphatic heterocycles. The normalized spacial score (nSPS) is 18.1. The zero-order valence-electron chi connectivity index (χ0n) is 8.28. The Balaban J connectivity index is 2.19. The van der Waals surface area contributed by atoms with Gasteiger partial charge in [-0.2, -0.15) is 0 Å². The van der Waals surface area contributed by atoms with Crippen molar-refractivity contribution in [1.29, 1.82) is 0 Å². The van der Waals surface area contributed by atoms with Gasteiger partial charge in [-0.05, 0) is 18.2 Å². The number of nitrogens with two attached hydrogens (primary N) is 1. The molecule has 2 N–H and O–H groups in total. The van der Waals surface area contributed by atoms with Crippen molar-refractivity contribution >= 4 is 33.8 Å². The van der Waals surface area contributed by atoms with Crippen LogP contribution in [0.5, 0.6) is 0 Å². The van der Waals surface area contributed by atoms with E-state index in [9.17, 15) is 4.21 Å². The zero-order valence-corrected chi connectivity index (χ0v) is 9.85. The van der Waals surface area contributed by atoms with Crippen molar-refractivity contribution in [2.75, 3.05) is 35.2 Å². The van der Waals surface area contributed by atoms with E-state index in [1.807, 2.05) is 12.1 Å². The number of rotatable bonds is 1. The molecule has 82 valence electrons. The Kier molecular flexibility index (Phi) is 3.17. The van der Waals surface area contributed by atoms with Crippen LogP contribution in [0.25, 0.3) is 0 Å². The molecule has 0 unspecified atom stereocenters. The molecule has 1 aromatic carbocycles. The second kappa shape index (κ2) is 4.41. The Hall–Kier alpha value is -0.740. The first-order valence-corrected chi connectivity index (χ1v) is 6.68. The lowest BCUT2D eigenvalue weighted by molar-refractivity contribution is 0.673. The fourth-order valence-corrected chi connectivity index (χ4v) is 2.92. The molecule has 0 radical (unpaired) electrons. The van der Waals surface area contributed by atoms with Crippen molar-refractivity contribution in [3.63, 3.8) is 0 Å². The summed E-state index contributed by atoms with van der Waals surface area (Å²) < 4.78 is 11.2. The summed E-state index contributed by atoms with van der Waals surface area (Å²) in [5, 5.41) is 0.650. The van der Waals surface area contributed by atoms with Gasteiger partial charge in [0.25, 0.3) is 0 Å². The largest absolute Gasteiger partial charge is 0.397 e. The van der Waals surface area contributed by atoms with E-state index in [2.05, 4.69) is 4.90 Å². The monoisotopic (exact) mass is 244 g/mol. The van der Waals surface area contributed by atoms with E-state index in [-0.39, 0.29) is 0 Å². The lowest BCUT2D eigenvalue weighted by atomic mass is 10.2. The minimum absolute atomic E-state index is 0.650. The van der Waals surface area contributed by atoms with E-state index >= 15 is 0 Å². The van der Waals surface area contributed by atoms with Crippen LogP contribution in [-0.4, -0.2) is 28.8 Å². The molecule has 2 rings (SSSR count). The minimum Gasteiger partial charge on any atom is -0.397 e. The minimum atomic E-state index is -0.654. The molecule has 1 saturated heterocycles. The molecule has 5 heteroatoms. The number of anilines is 2. The van der Waals surface area contributed by atoms with Gasteiger partial charge in [-0.15, -0.1) is 0 Å². The highest BCUT2D eigenvalue weighted by Crippen LogP contribution is 2.27. The number of nitrogens with zero attached hydrogens (tertiary/aromatic N) is 1. The Morgan fingerprint density at radius 1 is 1.33 bits per heavy atom. The molecule has 0 atom stereocenters. The van der Waals surface area contributed by atoms with Crippen molar-refractivity contribution in [3.8, 4) is 0 Å². The number of halogens is 1. The molecular weight excluding hydrogens is 232 g/mol. The van der Waals surface area contributed by atoms with Gasteiger partial charge in [0, 0.05) is 40.4 Å². The van der Waals surface area contributed by atoms with Gasteiger partial charge in [0.15, 0.2) is 0 Å². The Morgan fingerprint density at radius 3 is 2.60 bits per heavy atom. The van der Waals surface area contributed by atoms with Gasteiger partial charge < -0.3 is 10.6 Å². The van der Waals surface area contributed by atoms with Crippen LogP contribution in [0.2, 0.25) is 5.02 Å². The van der Waals surface area contributed by atoms with Crippen molar-refractivity contribution in [2.45, 2.75) is 0 Å². The predicted octanol–water partition coefficient (Wildman–Crippen LogP) is 1.49. The highest BCUT2D eigenvalue weighted by atomic mass is 35.5. The van der Waals surface area contributed by atoms with Crippen molar-refractivity contribution < 1.29 is 4.21 Å². The van der Waals surface area contributed by atoms with Gasteiger partial charge in [-0.3, -0.25) is 4.21 Å². The van der Waals surface area contributed by atoms with E-state index in [0.29, 0.717) is 10.7 Å². The van der Waals surface area contributed by atoms with Gasteiger partial charge in [0.2, 0.25) is 0 Å². The van der Waals surface area contributed by atoms with Gasteiger partial charge in [-0.25, -0.2) is 0 Å². The van der Waals surface area contributed by atoms with Gasteiger partial charge in [0.05, 0.1) is 11.4 Å². The standard InChI is InChI=1S/C10H13ClN2OS/c11-8-1-2-10(9(12)7-8)13-3-5-15(14)6-4-13/h1-2,7H,3-6,12H2. The van der Waals surface area contributed by atoms with Crippen molar-refractivity contribution in [3.05, 3.63) is 23.2 Å². The van der Waals surface area contributed by atoms with Gasteiger partial charge >= 0.3 is 0 Å². The molecule has 15 heavy (non-hydrogen) atoms. The maximum absolute atomic E-state index is 11.2. The van der Waals surface area contributed by atoms with Crippen LogP contribution >= 0.6 is 11.6 Å². The summed E-state index contributed by atoms with van der Waals surface area (Å²) in [6, 6.07) is 5.51. The van der Waals surface area contributed by atoms with Crippen LogP contribution in [0.15, 0.2) is 18.2 Å². The first-order chi connectivity index (χ1) is 7.16. The molecule has 0 spiro atoms. The summed E-state index contributed by atoms with van der Waals surface area (Å²) in [5.41, 5.74) is 7.57. The molecule has 0 saturated carbocycles. The molecule has 0 amide bonds. The van der Waals surface area contributed by atoms with Crippen LogP contribution in [0.1, 0.15) is 0 Å². The SMILES string of the molecule is Nc1cc(Cl)ccc1N1CCS(=O)CC1. The lowest BCUT2D eigenvalue weighted by Crippen LogP contribution is -2.38. The molecule has 0 aromatic heterocycles. The van der Waals surface area contributed by atoms with Crippen LogP contribution < -0.4 is 10.6 Å². The molecule has 3 nitrogen and oxygen atoms in total. The third-order valence-corrected chi connectivity index (χ3v) is 4.02. The topological polar surface area (TPSA) is 46.3 Å². The predicted molar refractivity (Wildman–Crippen MR) is 66.0 cm³/mol. The third kappa shape index (κ3) is 2.44. The molecule has 1 heterocycles. The van der Waals surface area contributed by atoms with Crippen LogP contribution in [0.4, 0.5) is 11.4 Å². The average Bonchev–Trinajstić information content (AvgIpc) is 2.20. The molecule has 0 aliphatic carbocycles. The lowest BCUT2D eigenvalue weighted by Gasteiger charge is -2.29. The number of hydrogen-bond acceptors (Lipinski definition) is 3. The van der Waals surface area contributed by atoms with E-state index in [4.69, 9.17) is 17.3 Å². The number of nitrogen functional groups attached to an aromatic ring is 1. The first kappa shape index (κ1) is 10.8. The summed E-state index contributed by atoms with van der Waals surface area (Å²) in [5.74, 6) is 1.45. The number of hydrogen-bond donors (Lipinski definition) is 1. The first-order valence-electron chi connectivity index (χ1n) is 4.82. The second-order valence-electron chi connectivity index (χ2n) is 3.54. The highest BCUT2D eigenvalue weighted by molar-refractivity contribution is 7.85. The molecule has 1 aliphatic rings. The summed E-state index contributed by atoms with van der Waals surface area (Å²) in [4.78, 5) is 2.16. The maximum Gasteiger partial charge on any atom is 0.0601 e. The van der Waals surface area contributed by atoms with E-state index in [0.717, 1.165) is 30.3 Å². The molecular formula is C10H13ClN2OS. The van der Waals surface area contributed by atoms with Gasteiger partial charge in [-0.1, -0.05) is 11.6 Å². The van der Waals surface area contributed by atoms with E-state index < -0.39 is 10.8 Å². The summed E-state index contributed by atoms with van der Waals surface area (Å²) in [7, 11) is -0.654. The molecule has 1 fully saturated rings. The van der Waals surface area contributed by atoms with Crippen LogP contribution in [-0.2, 0) is 10.8 Å². The summed E-state index contributed by atoms with van der Waals surface area (Å²) in [6.07, 6.45) is 0. The number of benzene rings is 1. The summed E-state index contributed by atoms with van der Waals surface area (Å²) in [6.45, 7) is 1.61. The molecule has 1 aromatic rings. The zero-order chi connectivity index (χ0) is 10.8. The van der Waals surface area contributed by atoms with E-state index in [1.54, 1.807) is 6.07 Å². The third-order valence-electron chi connectivity index (χ3n) is 2.51. The fourth-order valence-electron chi connectivity index (χ4n) is 1.69. The van der Waals surface area contributed by atoms with Crippen LogP contribution in [0, 0.1) is 0 Å². The van der Waals surface area contributed by atoms with Gasteiger partial charge in [0.1, 0.15) is 0 Å². The van der Waals surface area contributed by atoms with Crippen molar-refractivity contribution in [1.82, 2.24) is 0 Å².